The molecule has 1 atom stereocenters. The van der Waals surface area contributed by atoms with Crippen molar-refractivity contribution in [2.24, 2.45) is 4.99 Å². The number of amidine groups is 1. The van der Waals surface area contributed by atoms with E-state index in [0.29, 0.717) is 12.1 Å². The Morgan fingerprint density at radius 2 is 2.17 bits per heavy atom. The van der Waals surface area contributed by atoms with Crippen LogP contribution in [0.3, 0.4) is 0 Å². The Hall–Kier alpha value is -2.26. The van der Waals surface area contributed by atoms with Crippen LogP contribution in [-0.4, -0.2) is 31.2 Å². The summed E-state index contributed by atoms with van der Waals surface area (Å²) in [5.74, 6) is -0.0997. The van der Waals surface area contributed by atoms with Crippen LogP contribution in [-0.2, 0) is 21.4 Å². The van der Waals surface area contributed by atoms with Crippen molar-refractivity contribution in [3.05, 3.63) is 45.9 Å². The van der Waals surface area contributed by atoms with Crippen molar-refractivity contribution >= 4 is 33.1 Å². The summed E-state index contributed by atoms with van der Waals surface area (Å²) in [5.41, 5.74) is 1.39. The normalized spacial score (nSPS) is 18.0. The zero-order valence-corrected chi connectivity index (χ0v) is 14.7. The van der Waals surface area contributed by atoms with Crippen LogP contribution < -0.4 is 10.0 Å². The summed E-state index contributed by atoms with van der Waals surface area (Å²) < 4.78 is 26.4. The molecule has 7 nitrogen and oxygen atoms in total. The largest absolute Gasteiger partial charge is 0.348 e. The van der Waals surface area contributed by atoms with Gasteiger partial charge in [-0.3, -0.25) is 14.5 Å². The van der Waals surface area contributed by atoms with Crippen LogP contribution in [0.4, 0.5) is 0 Å². The summed E-state index contributed by atoms with van der Waals surface area (Å²) in [7, 11) is -3.60. The van der Waals surface area contributed by atoms with Gasteiger partial charge in [-0.25, -0.2) is 13.4 Å². The van der Waals surface area contributed by atoms with Crippen molar-refractivity contribution in [1.29, 1.82) is 0 Å². The van der Waals surface area contributed by atoms with Gasteiger partial charge in [-0.05, 0) is 26.0 Å². The van der Waals surface area contributed by atoms with Crippen molar-refractivity contribution < 1.29 is 13.2 Å². The third kappa shape index (κ3) is 3.31. The number of rotatable bonds is 4. The fraction of sp³-hybridized carbons (Fsp3) is 0.267. The number of nitrogens with zero attached hydrogens (tertiary/aromatic N) is 2. The lowest BCUT2D eigenvalue weighted by Gasteiger charge is -2.08. The first-order valence-corrected chi connectivity index (χ1v) is 9.62. The second-order valence-electron chi connectivity index (χ2n) is 5.36. The first kappa shape index (κ1) is 16.6. The van der Waals surface area contributed by atoms with E-state index in [0.717, 1.165) is 10.7 Å². The Balaban J connectivity index is 1.73. The topological polar surface area (TPSA) is 101 Å². The molecule has 2 aromatic rings. The van der Waals surface area contributed by atoms with Crippen molar-refractivity contribution in [2.75, 3.05) is 0 Å². The molecule has 0 saturated carbocycles. The van der Waals surface area contributed by atoms with Crippen LogP contribution in [0.5, 0.6) is 0 Å². The number of aromatic nitrogens is 1. The third-order valence-corrected chi connectivity index (χ3v) is 5.81. The lowest BCUT2D eigenvalue weighted by molar-refractivity contribution is -0.122. The highest BCUT2D eigenvalue weighted by Gasteiger charge is 2.31. The van der Waals surface area contributed by atoms with Gasteiger partial charge in [-0.15, -0.1) is 11.3 Å². The number of sulfonamides is 1. The molecule has 24 heavy (non-hydrogen) atoms. The second-order valence-corrected chi connectivity index (χ2v) is 7.95. The third-order valence-electron chi connectivity index (χ3n) is 3.45. The van der Waals surface area contributed by atoms with Crippen LogP contribution >= 0.6 is 11.3 Å². The summed E-state index contributed by atoms with van der Waals surface area (Å²) in [5, 5.41) is 5.48. The van der Waals surface area contributed by atoms with E-state index < -0.39 is 16.1 Å². The molecule has 0 spiro atoms. The number of benzene rings is 1. The average molecular weight is 364 g/mol. The van der Waals surface area contributed by atoms with Crippen LogP contribution in [0.25, 0.3) is 0 Å². The molecule has 1 aliphatic rings. The fourth-order valence-electron chi connectivity index (χ4n) is 2.28. The molecule has 1 aromatic heterocycles. The van der Waals surface area contributed by atoms with Crippen LogP contribution in [0.1, 0.15) is 23.2 Å². The quantitative estimate of drug-likeness (QED) is 0.851. The number of aryl methyl sites for hydroxylation is 1. The van der Waals surface area contributed by atoms with Gasteiger partial charge in [0, 0.05) is 16.6 Å². The van der Waals surface area contributed by atoms with E-state index >= 15 is 0 Å². The summed E-state index contributed by atoms with van der Waals surface area (Å²) in [6.45, 7) is 3.83. The lowest BCUT2D eigenvalue weighted by Crippen LogP contribution is -2.33. The number of nitrogens with one attached hydrogen (secondary N) is 2. The molecule has 3 rings (SSSR count). The standard InChI is InChI=1S/C15H16N4O3S2/c1-9-8-23-13(17-9)7-16-15(20)10(2)18-14-11-5-3-4-6-12(11)24(21,22)19-14/h3-6,8,10H,7H2,1-2H3,(H,16,20)(H,18,19)/t10-/m1/s1. The number of amides is 1. The minimum Gasteiger partial charge on any atom is -0.348 e. The van der Waals surface area contributed by atoms with Gasteiger partial charge in [0.2, 0.25) is 5.91 Å². The number of fused-ring (bicyclic) bond motifs is 1. The molecule has 0 fully saturated rings. The zero-order valence-electron chi connectivity index (χ0n) is 13.1. The Labute approximate surface area is 143 Å². The SMILES string of the molecule is Cc1csc(CNC(=O)[C@@H](C)N=C2NS(=O)(=O)c3ccccc32)n1. The maximum absolute atomic E-state index is 12.2. The Morgan fingerprint density at radius 1 is 1.42 bits per heavy atom. The van der Waals surface area contributed by atoms with Crippen LogP contribution in [0, 0.1) is 6.92 Å². The number of hydrogen-bond acceptors (Lipinski definition) is 6. The first-order valence-electron chi connectivity index (χ1n) is 7.25. The fourth-order valence-corrected chi connectivity index (χ4v) is 4.23. The van der Waals surface area contributed by atoms with E-state index in [1.165, 1.54) is 17.4 Å². The number of aliphatic imine (C=N–C) groups is 1. The molecule has 0 aliphatic carbocycles. The minimum absolute atomic E-state index is 0.176. The minimum atomic E-state index is -3.60. The molecule has 2 N–H and O–H groups in total. The number of carbonyl (C=O) groups excluding carboxylic acids is 1. The van der Waals surface area contributed by atoms with Gasteiger partial charge in [-0.1, -0.05) is 12.1 Å². The van der Waals surface area contributed by atoms with Gasteiger partial charge in [0.15, 0.2) is 0 Å². The van der Waals surface area contributed by atoms with Gasteiger partial charge >= 0.3 is 0 Å². The molecule has 0 bridgehead atoms. The van der Waals surface area contributed by atoms with Crippen LogP contribution in [0.15, 0.2) is 39.5 Å². The Bertz CT molecular complexity index is 918. The molecular formula is C15H16N4O3S2. The highest BCUT2D eigenvalue weighted by molar-refractivity contribution is 7.90. The molecule has 1 aromatic carbocycles. The van der Waals surface area contributed by atoms with Crippen molar-refractivity contribution in [1.82, 2.24) is 15.0 Å². The molecule has 1 aliphatic heterocycles. The molecule has 0 radical (unpaired) electrons. The predicted octanol–water partition coefficient (Wildman–Crippen LogP) is 1.19. The number of hydrogen-bond donors (Lipinski definition) is 2. The summed E-state index contributed by atoms with van der Waals surface area (Å²) >= 11 is 1.47. The highest BCUT2D eigenvalue weighted by Crippen LogP contribution is 2.22. The molecular weight excluding hydrogens is 348 g/mol. The lowest BCUT2D eigenvalue weighted by atomic mass is 10.2. The Kier molecular flexibility index (Phi) is 4.37. The smallest absolute Gasteiger partial charge is 0.263 e. The van der Waals surface area contributed by atoms with E-state index in [-0.39, 0.29) is 16.6 Å². The molecule has 2 heterocycles. The molecule has 126 valence electrons. The van der Waals surface area contributed by atoms with Gasteiger partial charge in [0.25, 0.3) is 10.0 Å². The maximum Gasteiger partial charge on any atom is 0.263 e. The van der Waals surface area contributed by atoms with E-state index in [9.17, 15) is 13.2 Å². The van der Waals surface area contributed by atoms with E-state index in [2.05, 4.69) is 20.0 Å². The van der Waals surface area contributed by atoms with Gasteiger partial charge in [0.1, 0.15) is 16.9 Å². The van der Waals surface area contributed by atoms with Crippen molar-refractivity contribution in [3.8, 4) is 0 Å². The molecule has 1 amide bonds. The van der Waals surface area contributed by atoms with Crippen molar-refractivity contribution in [3.63, 3.8) is 0 Å². The summed E-state index contributed by atoms with van der Waals surface area (Å²) in [4.78, 5) is 20.8. The monoisotopic (exact) mass is 364 g/mol. The molecule has 9 heteroatoms. The predicted molar refractivity (Wildman–Crippen MR) is 91.5 cm³/mol. The molecule has 0 saturated heterocycles. The second kappa shape index (κ2) is 6.33. The summed E-state index contributed by atoms with van der Waals surface area (Å²) in [6.07, 6.45) is 0. The first-order chi connectivity index (χ1) is 11.4. The average Bonchev–Trinajstić information content (AvgIpc) is 3.07. The maximum atomic E-state index is 12.2. The van der Waals surface area contributed by atoms with E-state index in [1.807, 2.05) is 12.3 Å². The van der Waals surface area contributed by atoms with E-state index in [1.54, 1.807) is 25.1 Å². The molecule has 0 unspecified atom stereocenters. The van der Waals surface area contributed by atoms with Gasteiger partial charge in [-0.2, -0.15) is 0 Å². The number of thiazole rings is 1. The summed E-state index contributed by atoms with van der Waals surface area (Å²) in [6, 6.07) is 5.82. The van der Waals surface area contributed by atoms with Crippen LogP contribution in [0.2, 0.25) is 0 Å². The zero-order chi connectivity index (χ0) is 17.3. The van der Waals surface area contributed by atoms with Gasteiger partial charge in [0.05, 0.1) is 11.4 Å². The van der Waals surface area contributed by atoms with Gasteiger partial charge < -0.3 is 5.32 Å². The van der Waals surface area contributed by atoms with E-state index in [4.69, 9.17) is 0 Å². The highest BCUT2D eigenvalue weighted by atomic mass is 32.2. The number of carbonyl (C=O) groups is 1. The van der Waals surface area contributed by atoms with Crippen molar-refractivity contribution in [2.45, 2.75) is 31.3 Å². The Morgan fingerprint density at radius 3 is 2.88 bits per heavy atom.